The van der Waals surface area contributed by atoms with Crippen LogP contribution in [0.25, 0.3) is 0 Å². The Labute approximate surface area is 133 Å². The van der Waals surface area contributed by atoms with Crippen molar-refractivity contribution in [3.63, 3.8) is 0 Å². The summed E-state index contributed by atoms with van der Waals surface area (Å²) < 4.78 is 18.2. The number of aromatic nitrogens is 2. The van der Waals surface area contributed by atoms with E-state index >= 15 is 0 Å². The molecule has 1 aromatic heterocycles. The van der Waals surface area contributed by atoms with Gasteiger partial charge in [-0.1, -0.05) is 17.7 Å². The second-order valence-electron chi connectivity index (χ2n) is 3.73. The molecule has 0 atom stereocenters. The Bertz CT molecular complexity index is 735. The monoisotopic (exact) mass is 368 g/mol. The molecule has 0 aliphatic rings. The van der Waals surface area contributed by atoms with E-state index in [-0.39, 0.29) is 11.7 Å². The molecule has 0 radical (unpaired) electrons. The predicted molar refractivity (Wildman–Crippen MR) is 83.0 cm³/mol. The second kappa shape index (κ2) is 7.24. The first kappa shape index (κ1) is 15.5. The van der Waals surface area contributed by atoms with Crippen molar-refractivity contribution in [3.05, 3.63) is 34.2 Å². The number of hydrogen-bond donors (Lipinski definition) is 1. The SMILES string of the molecule is CC#CCSc1nonc1C(N)=Nc1ccc(F)c(Br)c1. The van der Waals surface area contributed by atoms with Gasteiger partial charge in [-0.25, -0.2) is 14.0 Å². The highest BCUT2D eigenvalue weighted by Crippen LogP contribution is 2.24. The van der Waals surface area contributed by atoms with E-state index in [1.165, 1.54) is 30.0 Å². The molecule has 0 fully saturated rings. The highest BCUT2D eigenvalue weighted by molar-refractivity contribution is 9.10. The number of rotatable bonds is 4. The maximum atomic E-state index is 13.2. The molecule has 0 unspecified atom stereocenters. The second-order valence-corrected chi connectivity index (χ2v) is 5.55. The van der Waals surface area contributed by atoms with Gasteiger partial charge in [0.05, 0.1) is 15.9 Å². The van der Waals surface area contributed by atoms with Crippen LogP contribution in [-0.4, -0.2) is 21.9 Å². The average molecular weight is 369 g/mol. The summed E-state index contributed by atoms with van der Waals surface area (Å²) in [5, 5.41) is 8.01. The number of nitrogens with zero attached hydrogens (tertiary/aromatic N) is 3. The molecule has 5 nitrogen and oxygen atoms in total. The van der Waals surface area contributed by atoms with Gasteiger partial charge in [0.1, 0.15) is 5.82 Å². The summed E-state index contributed by atoms with van der Waals surface area (Å²) in [6, 6.07) is 4.32. The first-order valence-corrected chi connectivity index (χ1v) is 7.54. The van der Waals surface area contributed by atoms with Crippen LogP contribution < -0.4 is 5.73 Å². The van der Waals surface area contributed by atoms with Crippen LogP contribution in [0.4, 0.5) is 10.1 Å². The third kappa shape index (κ3) is 4.06. The normalized spacial score (nSPS) is 11.1. The summed E-state index contributed by atoms with van der Waals surface area (Å²) >= 11 is 4.44. The van der Waals surface area contributed by atoms with Crippen LogP contribution in [0, 0.1) is 17.7 Å². The van der Waals surface area contributed by atoms with Crippen molar-refractivity contribution >= 4 is 39.2 Å². The third-order valence-electron chi connectivity index (χ3n) is 2.31. The predicted octanol–water partition coefficient (Wildman–Crippen LogP) is 3.12. The summed E-state index contributed by atoms with van der Waals surface area (Å²) in [7, 11) is 0. The van der Waals surface area contributed by atoms with Crippen LogP contribution in [0.15, 0.2) is 37.3 Å². The zero-order valence-corrected chi connectivity index (χ0v) is 13.3. The van der Waals surface area contributed by atoms with E-state index < -0.39 is 0 Å². The summed E-state index contributed by atoms with van der Waals surface area (Å²) in [5.74, 6) is 5.99. The van der Waals surface area contributed by atoms with Gasteiger partial charge in [-0.15, -0.1) is 5.92 Å². The topological polar surface area (TPSA) is 77.3 Å². The Morgan fingerprint density at radius 2 is 2.33 bits per heavy atom. The van der Waals surface area contributed by atoms with Crippen LogP contribution in [0.5, 0.6) is 0 Å². The van der Waals surface area contributed by atoms with E-state index in [0.29, 0.717) is 26.6 Å². The lowest BCUT2D eigenvalue weighted by Crippen LogP contribution is -2.14. The number of halogens is 2. The van der Waals surface area contributed by atoms with Crippen LogP contribution in [-0.2, 0) is 0 Å². The molecule has 1 heterocycles. The number of amidine groups is 1. The lowest BCUT2D eigenvalue weighted by atomic mass is 10.3. The standard InChI is InChI=1S/C13H10BrFN4OS/c1-2-3-6-21-13-11(18-20-19-13)12(16)17-8-4-5-10(15)9(14)7-8/h4-5,7H,6H2,1H3,(H2,16,17). The average Bonchev–Trinajstić information content (AvgIpc) is 2.92. The maximum Gasteiger partial charge on any atom is 0.183 e. The molecule has 0 aliphatic carbocycles. The van der Waals surface area contributed by atoms with Crippen molar-refractivity contribution < 1.29 is 9.02 Å². The Morgan fingerprint density at radius 1 is 1.52 bits per heavy atom. The van der Waals surface area contributed by atoms with Gasteiger partial charge in [-0.05, 0) is 51.4 Å². The quantitative estimate of drug-likeness (QED) is 0.388. The zero-order valence-electron chi connectivity index (χ0n) is 10.9. The van der Waals surface area contributed by atoms with Gasteiger partial charge in [0.25, 0.3) is 0 Å². The van der Waals surface area contributed by atoms with Gasteiger partial charge >= 0.3 is 0 Å². The number of benzene rings is 1. The van der Waals surface area contributed by atoms with Crippen molar-refractivity contribution in [1.82, 2.24) is 10.3 Å². The molecule has 2 rings (SSSR count). The van der Waals surface area contributed by atoms with E-state index in [9.17, 15) is 4.39 Å². The van der Waals surface area contributed by atoms with Gasteiger partial charge < -0.3 is 5.73 Å². The van der Waals surface area contributed by atoms with E-state index in [1.54, 1.807) is 6.92 Å². The molecular weight excluding hydrogens is 359 g/mol. The smallest absolute Gasteiger partial charge is 0.183 e. The number of aliphatic imine (C=N–C) groups is 1. The number of hydrogen-bond acceptors (Lipinski definition) is 5. The summed E-state index contributed by atoms with van der Waals surface area (Å²) in [4.78, 5) is 4.18. The number of nitrogens with two attached hydrogens (primary N) is 1. The highest BCUT2D eigenvalue weighted by Gasteiger charge is 2.14. The summed E-state index contributed by atoms with van der Waals surface area (Å²) in [5.41, 5.74) is 6.73. The summed E-state index contributed by atoms with van der Waals surface area (Å²) in [6.07, 6.45) is 0. The minimum Gasteiger partial charge on any atom is -0.382 e. The van der Waals surface area contributed by atoms with Crippen molar-refractivity contribution in [3.8, 4) is 11.8 Å². The minimum atomic E-state index is -0.370. The number of thioether (sulfide) groups is 1. The molecule has 0 aliphatic heterocycles. The van der Waals surface area contributed by atoms with Crippen molar-refractivity contribution in [1.29, 1.82) is 0 Å². The molecule has 2 N–H and O–H groups in total. The lowest BCUT2D eigenvalue weighted by molar-refractivity contribution is 0.298. The van der Waals surface area contributed by atoms with Gasteiger partial charge in [0.15, 0.2) is 16.6 Å². The first-order chi connectivity index (χ1) is 10.1. The Hall–Kier alpha value is -1.85. The molecule has 0 saturated heterocycles. The van der Waals surface area contributed by atoms with E-state index in [1.807, 2.05) is 0 Å². The van der Waals surface area contributed by atoms with Crippen molar-refractivity contribution in [2.75, 3.05) is 5.75 Å². The van der Waals surface area contributed by atoms with E-state index in [2.05, 4.69) is 47.7 Å². The molecule has 0 bridgehead atoms. The van der Waals surface area contributed by atoms with E-state index in [0.717, 1.165) is 0 Å². The molecule has 0 saturated carbocycles. The van der Waals surface area contributed by atoms with Gasteiger partial charge in [0.2, 0.25) is 0 Å². The van der Waals surface area contributed by atoms with Crippen molar-refractivity contribution in [2.24, 2.45) is 10.7 Å². The van der Waals surface area contributed by atoms with Gasteiger partial charge in [-0.3, -0.25) is 0 Å². The third-order valence-corrected chi connectivity index (χ3v) is 3.75. The van der Waals surface area contributed by atoms with Gasteiger partial charge in [0, 0.05) is 0 Å². The lowest BCUT2D eigenvalue weighted by Gasteiger charge is -2.00. The van der Waals surface area contributed by atoms with Crippen LogP contribution in [0.3, 0.4) is 0 Å². The largest absolute Gasteiger partial charge is 0.382 e. The molecule has 0 spiro atoms. The van der Waals surface area contributed by atoms with Crippen LogP contribution in [0.2, 0.25) is 0 Å². The molecular formula is C13H10BrFN4OS. The minimum absolute atomic E-state index is 0.140. The van der Waals surface area contributed by atoms with Crippen LogP contribution >= 0.6 is 27.7 Å². The Balaban J connectivity index is 2.24. The van der Waals surface area contributed by atoms with E-state index in [4.69, 9.17) is 5.73 Å². The molecule has 2 aromatic rings. The maximum absolute atomic E-state index is 13.2. The van der Waals surface area contributed by atoms with Gasteiger partial charge in [-0.2, -0.15) is 0 Å². The Morgan fingerprint density at radius 3 is 3.05 bits per heavy atom. The highest BCUT2D eigenvalue weighted by atomic mass is 79.9. The summed E-state index contributed by atoms with van der Waals surface area (Å²) in [6.45, 7) is 1.75. The zero-order chi connectivity index (χ0) is 15.2. The molecule has 0 amide bonds. The fraction of sp³-hybridized carbons (Fsp3) is 0.154. The fourth-order valence-corrected chi connectivity index (χ4v) is 2.44. The molecule has 8 heteroatoms. The molecule has 1 aromatic carbocycles. The molecule has 21 heavy (non-hydrogen) atoms. The molecule has 108 valence electrons. The Kier molecular flexibility index (Phi) is 5.36. The fourth-order valence-electron chi connectivity index (χ4n) is 1.35. The van der Waals surface area contributed by atoms with Crippen molar-refractivity contribution in [2.45, 2.75) is 11.9 Å². The first-order valence-electron chi connectivity index (χ1n) is 5.76. The van der Waals surface area contributed by atoms with Crippen LogP contribution in [0.1, 0.15) is 12.6 Å².